The van der Waals surface area contributed by atoms with Gasteiger partial charge in [-0.1, -0.05) is 26.8 Å². The average molecular weight is 314 g/mol. The highest BCUT2D eigenvalue weighted by molar-refractivity contribution is 7.14. The van der Waals surface area contributed by atoms with Crippen molar-refractivity contribution in [3.63, 3.8) is 0 Å². The monoisotopic (exact) mass is 314 g/mol. The lowest BCUT2D eigenvalue weighted by molar-refractivity contribution is 0.102. The van der Waals surface area contributed by atoms with Gasteiger partial charge in [0.1, 0.15) is 16.8 Å². The number of anilines is 1. The third kappa shape index (κ3) is 3.29. The maximum Gasteiger partial charge on any atom is 0.256 e. The standard InChI is InChI=1S/C17H18N2O2S/c1-17(2,3)14-10-22-16(13(14)9-18)19-15(20)11-6-5-7-12(8-11)21-4/h5-8,10H,1-4H3,(H,19,20). The summed E-state index contributed by atoms with van der Waals surface area (Å²) in [7, 11) is 1.56. The van der Waals surface area contributed by atoms with Gasteiger partial charge in [0.15, 0.2) is 0 Å². The molecule has 2 rings (SSSR count). The Hall–Kier alpha value is -2.32. The van der Waals surface area contributed by atoms with Crippen molar-refractivity contribution in [3.05, 3.63) is 46.3 Å². The Morgan fingerprint density at radius 1 is 1.36 bits per heavy atom. The molecule has 0 bridgehead atoms. The van der Waals surface area contributed by atoms with Crippen LogP contribution < -0.4 is 10.1 Å². The van der Waals surface area contributed by atoms with Gasteiger partial charge in [0.2, 0.25) is 0 Å². The van der Waals surface area contributed by atoms with Crippen LogP contribution in [0, 0.1) is 11.3 Å². The molecule has 5 heteroatoms. The second-order valence-electron chi connectivity index (χ2n) is 5.90. The van der Waals surface area contributed by atoms with Crippen molar-refractivity contribution in [1.29, 1.82) is 5.26 Å². The molecule has 0 saturated carbocycles. The minimum atomic E-state index is -0.252. The Labute approximate surface area is 134 Å². The number of carbonyl (C=O) groups excluding carboxylic acids is 1. The number of nitrogens with one attached hydrogen (secondary N) is 1. The largest absolute Gasteiger partial charge is 0.497 e. The number of thiophene rings is 1. The van der Waals surface area contributed by atoms with Crippen LogP contribution in [-0.2, 0) is 5.41 Å². The van der Waals surface area contributed by atoms with Gasteiger partial charge in [-0.05, 0) is 34.6 Å². The summed E-state index contributed by atoms with van der Waals surface area (Å²) < 4.78 is 5.12. The van der Waals surface area contributed by atoms with Gasteiger partial charge in [0, 0.05) is 5.56 Å². The molecule has 0 fully saturated rings. The summed E-state index contributed by atoms with van der Waals surface area (Å²) in [6.45, 7) is 6.14. The highest BCUT2D eigenvalue weighted by Gasteiger charge is 2.23. The highest BCUT2D eigenvalue weighted by atomic mass is 32.1. The molecule has 0 saturated heterocycles. The van der Waals surface area contributed by atoms with E-state index in [0.717, 1.165) is 5.56 Å². The molecule has 1 heterocycles. The fraction of sp³-hybridized carbons (Fsp3) is 0.294. The van der Waals surface area contributed by atoms with Crippen molar-refractivity contribution < 1.29 is 9.53 Å². The van der Waals surface area contributed by atoms with Gasteiger partial charge in [-0.2, -0.15) is 5.26 Å². The topological polar surface area (TPSA) is 62.1 Å². The van der Waals surface area contributed by atoms with Gasteiger partial charge in [0.05, 0.1) is 12.7 Å². The van der Waals surface area contributed by atoms with E-state index in [1.165, 1.54) is 11.3 Å². The van der Waals surface area contributed by atoms with Gasteiger partial charge >= 0.3 is 0 Å². The van der Waals surface area contributed by atoms with Crippen molar-refractivity contribution >= 4 is 22.2 Å². The molecular formula is C17H18N2O2S. The summed E-state index contributed by atoms with van der Waals surface area (Å²) in [6.07, 6.45) is 0. The van der Waals surface area contributed by atoms with E-state index in [1.807, 2.05) is 26.2 Å². The molecule has 22 heavy (non-hydrogen) atoms. The Bertz CT molecular complexity index is 736. The number of methoxy groups -OCH3 is 1. The van der Waals surface area contributed by atoms with E-state index in [-0.39, 0.29) is 11.3 Å². The summed E-state index contributed by atoms with van der Waals surface area (Å²) in [5, 5.41) is 14.7. The lowest BCUT2D eigenvalue weighted by Crippen LogP contribution is -2.14. The zero-order valence-electron chi connectivity index (χ0n) is 13.1. The number of ether oxygens (including phenoxy) is 1. The fourth-order valence-corrected chi connectivity index (χ4v) is 3.18. The van der Waals surface area contributed by atoms with Crippen LogP contribution in [0.25, 0.3) is 0 Å². The number of carbonyl (C=O) groups is 1. The Morgan fingerprint density at radius 2 is 2.09 bits per heavy atom. The maximum atomic E-state index is 12.3. The fourth-order valence-electron chi connectivity index (χ4n) is 2.05. The molecule has 0 radical (unpaired) electrons. The summed E-state index contributed by atoms with van der Waals surface area (Å²) in [4.78, 5) is 12.3. The van der Waals surface area contributed by atoms with E-state index in [1.54, 1.807) is 31.4 Å². The summed E-state index contributed by atoms with van der Waals surface area (Å²) in [5.41, 5.74) is 1.84. The normalized spacial score (nSPS) is 10.9. The van der Waals surface area contributed by atoms with Crippen molar-refractivity contribution in [3.8, 4) is 11.8 Å². The molecule has 1 aromatic heterocycles. The van der Waals surface area contributed by atoms with E-state index >= 15 is 0 Å². The number of benzene rings is 1. The van der Waals surface area contributed by atoms with Gasteiger partial charge in [-0.3, -0.25) is 4.79 Å². The van der Waals surface area contributed by atoms with E-state index in [2.05, 4.69) is 11.4 Å². The predicted octanol–water partition coefficient (Wildman–Crippen LogP) is 4.18. The Morgan fingerprint density at radius 3 is 2.68 bits per heavy atom. The third-order valence-electron chi connectivity index (χ3n) is 3.27. The number of nitriles is 1. The predicted molar refractivity (Wildman–Crippen MR) is 88.7 cm³/mol. The van der Waals surface area contributed by atoms with Crippen LogP contribution in [0.1, 0.15) is 42.3 Å². The van der Waals surface area contributed by atoms with E-state index < -0.39 is 0 Å². The molecule has 1 amide bonds. The summed E-state index contributed by atoms with van der Waals surface area (Å²) >= 11 is 1.37. The van der Waals surface area contributed by atoms with Crippen molar-refractivity contribution in [1.82, 2.24) is 0 Å². The molecule has 0 aliphatic rings. The van der Waals surface area contributed by atoms with Gasteiger partial charge in [0.25, 0.3) is 5.91 Å². The maximum absolute atomic E-state index is 12.3. The van der Waals surface area contributed by atoms with Crippen molar-refractivity contribution in [2.24, 2.45) is 0 Å². The molecule has 4 nitrogen and oxygen atoms in total. The number of hydrogen-bond acceptors (Lipinski definition) is 4. The van der Waals surface area contributed by atoms with Gasteiger partial charge in [-0.15, -0.1) is 11.3 Å². The van der Waals surface area contributed by atoms with E-state index in [0.29, 0.717) is 21.9 Å². The van der Waals surface area contributed by atoms with E-state index in [4.69, 9.17) is 4.74 Å². The number of nitrogens with zero attached hydrogens (tertiary/aromatic N) is 1. The van der Waals surface area contributed by atoms with Crippen LogP contribution in [0.15, 0.2) is 29.6 Å². The first-order chi connectivity index (χ1) is 10.4. The van der Waals surface area contributed by atoms with Crippen LogP contribution in [0.2, 0.25) is 0 Å². The molecular weight excluding hydrogens is 296 g/mol. The molecule has 0 aliphatic heterocycles. The minimum Gasteiger partial charge on any atom is -0.497 e. The van der Waals surface area contributed by atoms with Crippen molar-refractivity contribution in [2.75, 3.05) is 12.4 Å². The zero-order chi connectivity index (χ0) is 16.3. The van der Waals surface area contributed by atoms with Gasteiger partial charge in [-0.25, -0.2) is 0 Å². The van der Waals surface area contributed by atoms with E-state index in [9.17, 15) is 10.1 Å². The Kier molecular flexibility index (Phi) is 4.53. The smallest absolute Gasteiger partial charge is 0.256 e. The minimum absolute atomic E-state index is 0.138. The first-order valence-electron chi connectivity index (χ1n) is 6.84. The van der Waals surface area contributed by atoms with Crippen LogP contribution in [-0.4, -0.2) is 13.0 Å². The second-order valence-corrected chi connectivity index (χ2v) is 6.78. The third-order valence-corrected chi connectivity index (χ3v) is 4.17. The molecule has 1 aromatic carbocycles. The highest BCUT2D eigenvalue weighted by Crippen LogP contribution is 2.35. The molecule has 114 valence electrons. The quantitative estimate of drug-likeness (QED) is 0.924. The van der Waals surface area contributed by atoms with Crippen LogP contribution in [0.4, 0.5) is 5.00 Å². The van der Waals surface area contributed by atoms with Gasteiger partial charge < -0.3 is 10.1 Å². The van der Waals surface area contributed by atoms with Crippen LogP contribution in [0.5, 0.6) is 5.75 Å². The van der Waals surface area contributed by atoms with Crippen LogP contribution in [0.3, 0.4) is 0 Å². The zero-order valence-corrected chi connectivity index (χ0v) is 13.9. The van der Waals surface area contributed by atoms with Crippen LogP contribution >= 0.6 is 11.3 Å². The van der Waals surface area contributed by atoms with Crippen molar-refractivity contribution in [2.45, 2.75) is 26.2 Å². The summed E-state index contributed by atoms with van der Waals surface area (Å²) in [5.74, 6) is 0.368. The first kappa shape index (κ1) is 16.1. The second kappa shape index (κ2) is 6.20. The molecule has 0 atom stereocenters. The molecule has 2 aromatic rings. The Balaban J connectivity index is 2.29. The molecule has 0 aliphatic carbocycles. The number of amides is 1. The SMILES string of the molecule is COc1cccc(C(=O)Nc2scc(C(C)(C)C)c2C#N)c1. The lowest BCUT2D eigenvalue weighted by atomic mass is 9.86. The molecule has 0 spiro atoms. The molecule has 0 unspecified atom stereocenters. The lowest BCUT2D eigenvalue weighted by Gasteiger charge is -2.17. The average Bonchev–Trinajstić information content (AvgIpc) is 2.90. The first-order valence-corrected chi connectivity index (χ1v) is 7.72. The summed E-state index contributed by atoms with van der Waals surface area (Å²) in [6, 6.07) is 9.11. The number of hydrogen-bond donors (Lipinski definition) is 1. The number of rotatable bonds is 3. The molecule has 1 N–H and O–H groups in total.